The van der Waals surface area contributed by atoms with Crippen LogP contribution in [-0.4, -0.2) is 33.0 Å². The normalized spacial score (nSPS) is 14.3. The van der Waals surface area contributed by atoms with Crippen LogP contribution < -0.4 is 20.7 Å². The lowest BCUT2D eigenvalue weighted by molar-refractivity contribution is -0.116. The lowest BCUT2D eigenvalue weighted by Gasteiger charge is -2.21. The minimum Gasteiger partial charge on any atom is -0.368 e. The molecule has 0 spiro atoms. The number of para-hydroxylation sites is 1. The van der Waals surface area contributed by atoms with Crippen LogP contribution >= 0.6 is 0 Å². The second-order valence-electron chi connectivity index (χ2n) is 7.52. The van der Waals surface area contributed by atoms with Gasteiger partial charge in [-0.25, -0.2) is 8.42 Å². The van der Waals surface area contributed by atoms with E-state index in [4.69, 9.17) is 5.73 Å². The Balaban J connectivity index is 1.75. The Morgan fingerprint density at radius 2 is 1.61 bits per heavy atom. The van der Waals surface area contributed by atoms with Crippen molar-refractivity contribution in [3.63, 3.8) is 0 Å². The van der Waals surface area contributed by atoms with Crippen molar-refractivity contribution in [3.05, 3.63) is 90.0 Å². The van der Waals surface area contributed by atoms with Crippen molar-refractivity contribution in [1.29, 1.82) is 0 Å². The van der Waals surface area contributed by atoms with E-state index >= 15 is 0 Å². The number of hydrogen-bond donors (Lipinski definition) is 3. The van der Waals surface area contributed by atoms with E-state index in [1.165, 1.54) is 0 Å². The largest absolute Gasteiger partial charge is 0.368 e. The highest BCUT2D eigenvalue weighted by Gasteiger charge is 2.28. The summed E-state index contributed by atoms with van der Waals surface area (Å²) in [6, 6.07) is 23.4. The number of nitrogens with two attached hydrogens (primary N) is 1. The number of benzene rings is 3. The molecule has 0 radical (unpaired) electrons. The highest BCUT2D eigenvalue weighted by Crippen LogP contribution is 2.37. The first-order valence-electron chi connectivity index (χ1n) is 10.1. The zero-order valence-corrected chi connectivity index (χ0v) is 18.6. The van der Waals surface area contributed by atoms with Gasteiger partial charge in [0.15, 0.2) is 0 Å². The number of fused-ring (bicyclic) bond motifs is 1. The summed E-state index contributed by atoms with van der Waals surface area (Å²) in [4.78, 5) is 24.2. The molecule has 33 heavy (non-hydrogen) atoms. The molecule has 4 rings (SSSR count). The predicted molar refractivity (Wildman–Crippen MR) is 130 cm³/mol. The summed E-state index contributed by atoms with van der Waals surface area (Å²) in [6.07, 6.45) is 1.01. The molecule has 1 aliphatic rings. The summed E-state index contributed by atoms with van der Waals surface area (Å²) in [5.74, 6) is -0.978. The van der Waals surface area contributed by atoms with Crippen LogP contribution in [0.1, 0.15) is 11.1 Å². The van der Waals surface area contributed by atoms with Gasteiger partial charge in [0.25, 0.3) is 5.91 Å². The third kappa shape index (κ3) is 4.73. The summed E-state index contributed by atoms with van der Waals surface area (Å²) < 4.78 is 25.1. The first kappa shape index (κ1) is 22.1. The number of nitrogens with zero attached hydrogens (tertiary/aromatic N) is 1. The molecule has 2 amide bonds. The molecule has 3 aromatic rings. The zero-order chi connectivity index (χ0) is 23.6. The van der Waals surface area contributed by atoms with Crippen molar-refractivity contribution in [2.75, 3.05) is 27.7 Å². The molecule has 0 atom stereocenters. The molecular formula is C24H22N4O4S. The van der Waals surface area contributed by atoms with E-state index in [0.29, 0.717) is 22.6 Å². The van der Waals surface area contributed by atoms with Crippen molar-refractivity contribution in [1.82, 2.24) is 0 Å². The van der Waals surface area contributed by atoms with E-state index in [1.54, 1.807) is 24.3 Å². The van der Waals surface area contributed by atoms with E-state index in [2.05, 4.69) is 10.6 Å². The maximum atomic E-state index is 12.9. The maximum Gasteiger partial charge on any atom is 0.258 e. The fourth-order valence-electron chi connectivity index (χ4n) is 3.65. The Kier molecular flexibility index (Phi) is 5.89. The number of primary amides is 1. The fourth-order valence-corrected chi connectivity index (χ4v) is 4.51. The molecule has 8 nitrogen and oxygen atoms in total. The van der Waals surface area contributed by atoms with Gasteiger partial charge in [-0.2, -0.15) is 0 Å². The Labute approximate surface area is 191 Å². The molecule has 0 saturated heterocycles. The van der Waals surface area contributed by atoms with Gasteiger partial charge >= 0.3 is 0 Å². The summed E-state index contributed by atoms with van der Waals surface area (Å²) in [7, 11) is -3.70. The Bertz CT molecular complexity index is 1350. The first-order chi connectivity index (χ1) is 15.7. The molecule has 0 unspecified atom stereocenters. The van der Waals surface area contributed by atoms with Gasteiger partial charge in [0.2, 0.25) is 15.9 Å². The third-order valence-corrected chi connectivity index (χ3v) is 6.25. The van der Waals surface area contributed by atoms with Crippen molar-refractivity contribution in [2.24, 2.45) is 5.73 Å². The van der Waals surface area contributed by atoms with Crippen LogP contribution in [-0.2, 0) is 19.6 Å². The number of anilines is 3. The quantitative estimate of drug-likeness (QED) is 0.466. The smallest absolute Gasteiger partial charge is 0.258 e. The molecule has 1 aliphatic heterocycles. The van der Waals surface area contributed by atoms with Gasteiger partial charge < -0.3 is 16.4 Å². The number of sulfonamides is 1. The SMILES string of the molecule is CS(=O)(=O)N(CC(N)=O)c1ccc(NC(=C2C(=O)Nc3ccccc32)c2ccccc2)cc1. The molecule has 0 fully saturated rings. The minimum absolute atomic E-state index is 0.219. The summed E-state index contributed by atoms with van der Waals surface area (Å²) in [5.41, 5.74) is 9.60. The van der Waals surface area contributed by atoms with E-state index < -0.39 is 22.5 Å². The number of carbonyl (C=O) groups is 2. The lowest BCUT2D eigenvalue weighted by atomic mass is 10.00. The number of carbonyl (C=O) groups excluding carboxylic acids is 2. The molecule has 9 heteroatoms. The van der Waals surface area contributed by atoms with E-state index in [0.717, 1.165) is 27.4 Å². The standard InChI is InChI=1S/C24H22N4O4S/c1-33(31,32)28(15-21(25)29)18-13-11-17(12-14-18)26-23(16-7-3-2-4-8-16)22-19-9-5-6-10-20(19)27-24(22)30/h2-14,26H,15H2,1H3,(H2,25,29)(H,27,30). The minimum atomic E-state index is -3.70. The van der Waals surface area contributed by atoms with Crippen molar-refractivity contribution >= 4 is 50.2 Å². The average Bonchev–Trinajstić information content (AvgIpc) is 3.12. The van der Waals surface area contributed by atoms with E-state index in [1.807, 2.05) is 54.6 Å². The third-order valence-electron chi connectivity index (χ3n) is 5.11. The molecule has 168 valence electrons. The molecule has 0 saturated carbocycles. The van der Waals surface area contributed by atoms with Crippen LogP contribution in [0, 0.1) is 0 Å². The van der Waals surface area contributed by atoms with Crippen LogP contribution in [0.3, 0.4) is 0 Å². The van der Waals surface area contributed by atoms with Crippen LogP contribution in [0.25, 0.3) is 11.3 Å². The number of nitrogens with one attached hydrogen (secondary N) is 2. The number of amides is 2. The summed E-state index contributed by atoms with van der Waals surface area (Å²) in [5, 5.41) is 6.20. The number of rotatable bonds is 7. The van der Waals surface area contributed by atoms with E-state index in [-0.39, 0.29) is 5.91 Å². The van der Waals surface area contributed by atoms with Crippen LogP contribution in [0.2, 0.25) is 0 Å². The maximum absolute atomic E-state index is 12.9. The van der Waals surface area contributed by atoms with Gasteiger partial charge in [-0.1, -0.05) is 48.5 Å². The molecule has 4 N–H and O–H groups in total. The van der Waals surface area contributed by atoms with E-state index in [9.17, 15) is 18.0 Å². The average molecular weight is 463 g/mol. The first-order valence-corrected chi connectivity index (χ1v) is 11.9. The molecular weight excluding hydrogens is 440 g/mol. The Hall–Kier alpha value is -4.11. The van der Waals surface area contributed by atoms with Gasteiger partial charge in [0.1, 0.15) is 6.54 Å². The van der Waals surface area contributed by atoms with Gasteiger partial charge in [0, 0.05) is 16.9 Å². The zero-order valence-electron chi connectivity index (χ0n) is 17.8. The topological polar surface area (TPSA) is 122 Å². The molecule has 0 bridgehead atoms. The highest BCUT2D eigenvalue weighted by molar-refractivity contribution is 7.92. The predicted octanol–water partition coefficient (Wildman–Crippen LogP) is 2.87. The monoisotopic (exact) mass is 462 g/mol. The second kappa shape index (κ2) is 8.79. The van der Waals surface area contributed by atoms with Crippen molar-refractivity contribution < 1.29 is 18.0 Å². The summed E-state index contributed by atoms with van der Waals surface area (Å²) >= 11 is 0. The van der Waals surface area contributed by atoms with Gasteiger partial charge in [0.05, 0.1) is 23.2 Å². The molecule has 3 aromatic carbocycles. The molecule has 0 aromatic heterocycles. The van der Waals surface area contributed by atoms with Crippen LogP contribution in [0.5, 0.6) is 0 Å². The van der Waals surface area contributed by atoms with Crippen LogP contribution in [0.4, 0.5) is 17.1 Å². The summed E-state index contributed by atoms with van der Waals surface area (Å²) in [6.45, 7) is -0.456. The van der Waals surface area contributed by atoms with Crippen LogP contribution in [0.15, 0.2) is 78.9 Å². The van der Waals surface area contributed by atoms with Gasteiger partial charge in [-0.05, 0) is 35.9 Å². The number of hydrogen-bond acceptors (Lipinski definition) is 5. The Morgan fingerprint density at radius 3 is 2.24 bits per heavy atom. The van der Waals surface area contributed by atoms with Crippen molar-refractivity contribution in [2.45, 2.75) is 0 Å². The fraction of sp³-hybridized carbons (Fsp3) is 0.0833. The van der Waals surface area contributed by atoms with Crippen molar-refractivity contribution in [3.8, 4) is 0 Å². The molecule has 0 aliphatic carbocycles. The molecule has 1 heterocycles. The Morgan fingerprint density at radius 1 is 0.970 bits per heavy atom. The van der Waals surface area contributed by atoms with Gasteiger partial charge in [-0.15, -0.1) is 0 Å². The second-order valence-corrected chi connectivity index (χ2v) is 9.43. The highest BCUT2D eigenvalue weighted by atomic mass is 32.2. The van der Waals surface area contributed by atoms with Gasteiger partial charge in [-0.3, -0.25) is 13.9 Å². The lowest BCUT2D eigenvalue weighted by Crippen LogP contribution is -2.37.